The van der Waals surface area contributed by atoms with Crippen LogP contribution in [0.3, 0.4) is 0 Å². The molecule has 0 saturated heterocycles. The molecule has 2 aromatic carbocycles. The molecule has 1 N–H and O–H groups in total. The summed E-state index contributed by atoms with van der Waals surface area (Å²) in [5, 5.41) is 6.36. The van der Waals surface area contributed by atoms with Crippen molar-refractivity contribution in [2.75, 3.05) is 0 Å². The minimum absolute atomic E-state index is 0.0643. The molecule has 0 spiro atoms. The number of carbonyl (C=O) groups excluding carboxylic acids is 1. The fourth-order valence-electron chi connectivity index (χ4n) is 2.70. The topological polar surface area (TPSA) is 46.9 Å². The maximum atomic E-state index is 13.7. The van der Waals surface area contributed by atoms with E-state index in [4.69, 9.17) is 11.6 Å². The summed E-state index contributed by atoms with van der Waals surface area (Å²) in [6, 6.07) is 7.53. The summed E-state index contributed by atoms with van der Waals surface area (Å²) in [7, 11) is 0. The van der Waals surface area contributed by atoms with Crippen molar-refractivity contribution >= 4 is 17.5 Å². The number of amides is 1. The molecule has 1 atom stereocenters. The molecule has 3 rings (SSSR count). The van der Waals surface area contributed by atoms with Crippen molar-refractivity contribution in [1.29, 1.82) is 0 Å². The molecular formula is C19H13ClF5N3O. The predicted octanol–water partition coefficient (Wildman–Crippen LogP) is 5.31. The monoisotopic (exact) mass is 429 g/mol. The van der Waals surface area contributed by atoms with Crippen LogP contribution in [0.4, 0.5) is 22.0 Å². The van der Waals surface area contributed by atoms with Crippen LogP contribution in [0.2, 0.25) is 5.02 Å². The van der Waals surface area contributed by atoms with E-state index < -0.39 is 41.0 Å². The summed E-state index contributed by atoms with van der Waals surface area (Å²) in [6.45, 7) is 1.43. The number of benzene rings is 2. The number of alkyl halides is 3. The van der Waals surface area contributed by atoms with Gasteiger partial charge in [-0.25, -0.2) is 13.5 Å². The molecule has 1 aromatic heterocycles. The van der Waals surface area contributed by atoms with E-state index in [0.29, 0.717) is 9.70 Å². The maximum absolute atomic E-state index is 13.7. The summed E-state index contributed by atoms with van der Waals surface area (Å²) < 4.78 is 68.0. The van der Waals surface area contributed by atoms with Gasteiger partial charge in [-0.05, 0) is 48.9 Å². The third-order valence-electron chi connectivity index (χ3n) is 4.14. The number of nitrogens with zero attached hydrogens (tertiary/aromatic N) is 2. The average Bonchev–Trinajstić information content (AvgIpc) is 3.10. The molecule has 4 nitrogen and oxygen atoms in total. The van der Waals surface area contributed by atoms with E-state index >= 15 is 0 Å². The summed E-state index contributed by atoms with van der Waals surface area (Å²) in [6.07, 6.45) is -4.08. The van der Waals surface area contributed by atoms with Gasteiger partial charge in [-0.1, -0.05) is 17.7 Å². The molecule has 10 heteroatoms. The summed E-state index contributed by atoms with van der Waals surface area (Å²) >= 11 is 5.75. The Bertz CT molecular complexity index is 1050. The molecule has 0 bridgehead atoms. The molecular weight excluding hydrogens is 417 g/mol. The van der Waals surface area contributed by atoms with E-state index in [9.17, 15) is 26.7 Å². The summed E-state index contributed by atoms with van der Waals surface area (Å²) in [4.78, 5) is 12.5. The molecule has 0 aliphatic heterocycles. The molecule has 3 aromatic rings. The predicted molar refractivity (Wildman–Crippen MR) is 95.8 cm³/mol. The fourth-order valence-corrected chi connectivity index (χ4v) is 2.83. The Labute approximate surface area is 166 Å². The number of nitrogens with one attached hydrogen (secondary N) is 1. The smallest absolute Gasteiger partial charge is 0.345 e. The molecule has 0 fully saturated rings. The van der Waals surface area contributed by atoms with Crippen LogP contribution in [0.15, 0.2) is 48.7 Å². The fraction of sp³-hybridized carbons (Fsp3) is 0.158. The Morgan fingerprint density at radius 1 is 1.10 bits per heavy atom. The lowest BCUT2D eigenvalue weighted by molar-refractivity contribution is -0.143. The van der Waals surface area contributed by atoms with Crippen LogP contribution < -0.4 is 5.32 Å². The second-order valence-electron chi connectivity index (χ2n) is 6.16. The van der Waals surface area contributed by atoms with Gasteiger partial charge in [0.05, 0.1) is 23.5 Å². The van der Waals surface area contributed by atoms with Crippen LogP contribution in [0.25, 0.3) is 5.69 Å². The van der Waals surface area contributed by atoms with Crippen LogP contribution in [0.5, 0.6) is 0 Å². The number of hydrogen-bond donors (Lipinski definition) is 1. The largest absolute Gasteiger partial charge is 0.434 e. The zero-order valence-corrected chi connectivity index (χ0v) is 15.5. The van der Waals surface area contributed by atoms with Crippen molar-refractivity contribution in [1.82, 2.24) is 15.1 Å². The highest BCUT2D eigenvalue weighted by Gasteiger charge is 2.40. The van der Waals surface area contributed by atoms with E-state index in [2.05, 4.69) is 10.4 Å². The third kappa shape index (κ3) is 4.40. The van der Waals surface area contributed by atoms with Gasteiger partial charge in [0.2, 0.25) is 0 Å². The summed E-state index contributed by atoms with van der Waals surface area (Å²) in [5.74, 6) is -3.26. The molecule has 0 radical (unpaired) electrons. The van der Waals surface area contributed by atoms with Crippen LogP contribution >= 0.6 is 11.6 Å². The van der Waals surface area contributed by atoms with Crippen molar-refractivity contribution < 1.29 is 26.7 Å². The Kier molecular flexibility index (Phi) is 5.61. The lowest BCUT2D eigenvalue weighted by Gasteiger charge is -2.16. The quantitative estimate of drug-likeness (QED) is 0.571. The number of carbonyl (C=O) groups is 1. The lowest BCUT2D eigenvalue weighted by atomic mass is 10.1. The Morgan fingerprint density at radius 2 is 1.76 bits per heavy atom. The average molecular weight is 430 g/mol. The highest BCUT2D eigenvalue weighted by Crippen LogP contribution is 2.34. The molecule has 29 heavy (non-hydrogen) atoms. The summed E-state index contributed by atoms with van der Waals surface area (Å²) in [5.41, 5.74) is -1.72. The van der Waals surface area contributed by atoms with E-state index in [1.807, 2.05) is 0 Å². The first-order valence-electron chi connectivity index (χ1n) is 8.25. The van der Waals surface area contributed by atoms with Gasteiger partial charge in [0.15, 0.2) is 17.3 Å². The van der Waals surface area contributed by atoms with Crippen LogP contribution in [0, 0.1) is 11.6 Å². The maximum Gasteiger partial charge on any atom is 0.434 e. The van der Waals surface area contributed by atoms with E-state index in [1.165, 1.54) is 37.3 Å². The Balaban J connectivity index is 1.94. The first-order valence-corrected chi connectivity index (χ1v) is 8.62. The Hall–Kier alpha value is -2.94. The molecule has 0 aliphatic rings. The first kappa shape index (κ1) is 20.8. The van der Waals surface area contributed by atoms with Crippen LogP contribution in [-0.2, 0) is 6.18 Å². The first-order chi connectivity index (χ1) is 13.6. The van der Waals surface area contributed by atoms with Crippen molar-refractivity contribution in [2.45, 2.75) is 19.1 Å². The zero-order valence-electron chi connectivity index (χ0n) is 14.8. The van der Waals surface area contributed by atoms with Gasteiger partial charge >= 0.3 is 6.18 Å². The van der Waals surface area contributed by atoms with Crippen LogP contribution in [-0.4, -0.2) is 15.7 Å². The number of halogens is 6. The second-order valence-corrected chi connectivity index (χ2v) is 6.60. The molecule has 0 saturated carbocycles. The van der Waals surface area contributed by atoms with Gasteiger partial charge in [-0.15, -0.1) is 0 Å². The van der Waals surface area contributed by atoms with Crippen molar-refractivity contribution in [2.24, 2.45) is 0 Å². The highest BCUT2D eigenvalue weighted by atomic mass is 35.5. The number of aromatic nitrogens is 2. The van der Waals surface area contributed by atoms with Gasteiger partial charge in [-0.3, -0.25) is 4.79 Å². The lowest BCUT2D eigenvalue weighted by Crippen LogP contribution is -2.29. The second kappa shape index (κ2) is 7.82. The van der Waals surface area contributed by atoms with Gasteiger partial charge in [0.25, 0.3) is 5.91 Å². The van der Waals surface area contributed by atoms with Crippen molar-refractivity contribution in [3.8, 4) is 5.69 Å². The van der Waals surface area contributed by atoms with E-state index in [-0.39, 0.29) is 11.3 Å². The van der Waals surface area contributed by atoms with Crippen LogP contribution in [0.1, 0.15) is 34.6 Å². The minimum atomic E-state index is -4.88. The molecule has 1 unspecified atom stereocenters. The van der Waals surface area contributed by atoms with Crippen molar-refractivity contribution in [3.05, 3.63) is 82.1 Å². The molecule has 0 aliphatic carbocycles. The standard InChI is InChI=1S/C19H13ClF5N3O/c1-10(11-2-7-15(21)16(22)8-11)27-18(29)14-9-26-28(17(14)19(23,24)25)13-5-3-12(20)4-6-13/h2-10H,1H3,(H,27,29). The Morgan fingerprint density at radius 3 is 2.34 bits per heavy atom. The van der Waals surface area contributed by atoms with Crippen molar-refractivity contribution in [3.63, 3.8) is 0 Å². The minimum Gasteiger partial charge on any atom is -0.345 e. The molecule has 1 amide bonds. The van der Waals surface area contributed by atoms with Gasteiger partial charge in [0.1, 0.15) is 0 Å². The molecule has 152 valence electrons. The zero-order chi connectivity index (χ0) is 21.3. The SMILES string of the molecule is CC(NC(=O)c1cnn(-c2ccc(Cl)cc2)c1C(F)(F)F)c1ccc(F)c(F)c1. The third-order valence-corrected chi connectivity index (χ3v) is 4.40. The normalized spacial score (nSPS) is 12.7. The van der Waals surface area contributed by atoms with Gasteiger partial charge < -0.3 is 5.32 Å². The highest BCUT2D eigenvalue weighted by molar-refractivity contribution is 6.30. The molecule has 1 heterocycles. The number of hydrogen-bond acceptors (Lipinski definition) is 2. The van der Waals surface area contributed by atoms with Gasteiger partial charge in [-0.2, -0.15) is 18.3 Å². The van der Waals surface area contributed by atoms with E-state index in [0.717, 1.165) is 18.3 Å². The van der Waals surface area contributed by atoms with Gasteiger partial charge in [0, 0.05) is 5.02 Å². The van der Waals surface area contributed by atoms with E-state index in [1.54, 1.807) is 0 Å². The number of rotatable bonds is 4.